The molecule has 4 aliphatic heterocycles. The summed E-state index contributed by atoms with van der Waals surface area (Å²) in [6.45, 7) is 1.89. The van der Waals surface area contributed by atoms with E-state index in [1.165, 1.54) is 19.9 Å². The predicted octanol–water partition coefficient (Wildman–Crippen LogP) is 1.30. The maximum Gasteiger partial charge on any atom is 0.338 e. The molecule has 9 rings (SSSR count). The van der Waals surface area contributed by atoms with Gasteiger partial charge in [-0.15, -0.1) is 0 Å². The first-order valence-corrected chi connectivity index (χ1v) is 17.1. The minimum absolute atomic E-state index is 0.101. The third-order valence-electron chi connectivity index (χ3n) is 10.8. The zero-order valence-electron chi connectivity index (χ0n) is 29.2. The Morgan fingerprint density at radius 1 is 0.737 bits per heavy atom. The second kappa shape index (κ2) is 11.7. The van der Waals surface area contributed by atoms with Gasteiger partial charge < -0.3 is 84.3 Å². The molecule has 1 aromatic heterocycles. The lowest BCUT2D eigenvalue weighted by molar-refractivity contribution is -0.277. The molecule has 11 N–H and O–H groups in total. The van der Waals surface area contributed by atoms with Gasteiger partial charge in [0.1, 0.15) is 75.4 Å². The molecule has 0 saturated carbocycles. The summed E-state index contributed by atoms with van der Waals surface area (Å²) < 4.78 is 36.2. The minimum atomic E-state index is -2.59. The molecule has 0 unspecified atom stereocenters. The number of hydrogen-bond donors (Lipinski definition) is 11. The van der Waals surface area contributed by atoms with E-state index < -0.39 is 128 Å². The molecule has 4 aromatic carbocycles. The number of aliphatic hydroxyl groups is 4. The number of rotatable bonds is 4. The molecule has 296 valence electrons. The Morgan fingerprint density at radius 3 is 2.12 bits per heavy atom. The smallest absolute Gasteiger partial charge is 0.338 e. The van der Waals surface area contributed by atoms with E-state index in [4.69, 9.17) is 28.1 Å². The number of aromatic hydroxyl groups is 7. The molecular weight excluding hydrogens is 760 g/mol. The second-order valence-corrected chi connectivity index (χ2v) is 14.0. The molecule has 5 aromatic rings. The number of carbonyl (C=O) groups excluding carboxylic acids is 1. The molecule has 0 spiro atoms. The largest absolute Gasteiger partial charge is 0.507 e. The molecule has 0 bridgehead atoms. The Balaban J connectivity index is 1.25. The van der Waals surface area contributed by atoms with Crippen molar-refractivity contribution in [3.05, 3.63) is 74.4 Å². The highest BCUT2D eigenvalue weighted by atomic mass is 16.7. The minimum Gasteiger partial charge on any atom is -0.507 e. The molecule has 5 heterocycles. The van der Waals surface area contributed by atoms with Gasteiger partial charge in [-0.05, 0) is 38.1 Å². The van der Waals surface area contributed by atoms with E-state index in [1.54, 1.807) is 0 Å². The average molecular weight is 791 g/mol. The van der Waals surface area contributed by atoms with Crippen LogP contribution in [0.25, 0.3) is 22.3 Å². The van der Waals surface area contributed by atoms with Gasteiger partial charge in [-0.25, -0.2) is 0 Å². The van der Waals surface area contributed by atoms with Crippen LogP contribution in [0.4, 0.5) is 0 Å². The molecule has 0 aliphatic carbocycles. The molecule has 4 aliphatic rings. The summed E-state index contributed by atoms with van der Waals surface area (Å²) in [5.74, 6) is -10.7. The van der Waals surface area contributed by atoms with Crippen molar-refractivity contribution < 1.29 is 89.1 Å². The zero-order chi connectivity index (χ0) is 40.8. The standard InChI is InChI=1S/C38H30O19/c1-10-14(40)7-20-22(25(10)44)35(51)37-13-6-15(41)16(42)8-19(13)55-38(37,56-20)24-32(57-37)11(2)26(45)23-28(47)30(49)33(54-34(23)24)12-3-4-18(17(43)5-12)52-36-31(50)29(48)27(46)21(9-39)53-36/h3-8,21,27,29,31,36,39-46,48-50H,9H2,1-2H3/t21-,27-,29+,31-,36-,37+,38+/m1/s1. The Hall–Kier alpha value is -6.64. The van der Waals surface area contributed by atoms with E-state index in [0.29, 0.717) is 0 Å². The van der Waals surface area contributed by atoms with Gasteiger partial charge in [0, 0.05) is 28.8 Å². The second-order valence-electron chi connectivity index (χ2n) is 14.0. The van der Waals surface area contributed by atoms with Crippen molar-refractivity contribution in [1.29, 1.82) is 0 Å². The van der Waals surface area contributed by atoms with Crippen molar-refractivity contribution >= 4 is 16.8 Å². The Bertz CT molecular complexity index is 2680. The monoisotopic (exact) mass is 790 g/mol. The lowest BCUT2D eigenvalue weighted by Gasteiger charge is -2.40. The highest BCUT2D eigenvalue weighted by Crippen LogP contribution is 2.69. The summed E-state index contributed by atoms with van der Waals surface area (Å²) in [7, 11) is 0. The van der Waals surface area contributed by atoms with Crippen molar-refractivity contribution in [3.8, 4) is 74.6 Å². The maximum absolute atomic E-state index is 14.9. The molecule has 19 nitrogen and oxygen atoms in total. The fraction of sp³-hybridized carbons (Fsp3) is 0.263. The maximum atomic E-state index is 14.9. The number of carbonyl (C=O) groups is 1. The fourth-order valence-corrected chi connectivity index (χ4v) is 7.82. The van der Waals surface area contributed by atoms with E-state index in [2.05, 4.69) is 0 Å². The quantitative estimate of drug-likeness (QED) is 0.114. The van der Waals surface area contributed by atoms with Crippen LogP contribution in [0.3, 0.4) is 0 Å². The zero-order valence-corrected chi connectivity index (χ0v) is 29.2. The third kappa shape index (κ3) is 4.41. The SMILES string of the molecule is Cc1c(O)cc2c(c1O)C(=O)[C@]13Oc4c(C)c(O)c5c(=O)c(O)c(-c6ccc(O[C@@H]7O[C@H](CO)[C@@H](O)[C@H](O)[C@H]7O)c(O)c6)oc5c4[C@]1(Oc1cc(O)c(O)cc13)O2. The Labute approximate surface area is 317 Å². The molecule has 19 heteroatoms. The van der Waals surface area contributed by atoms with Crippen LogP contribution in [0.15, 0.2) is 45.6 Å². The van der Waals surface area contributed by atoms with Crippen LogP contribution in [-0.2, 0) is 16.1 Å². The number of phenols is 6. The number of ether oxygens (including phenoxy) is 5. The van der Waals surface area contributed by atoms with Crippen LogP contribution in [0, 0.1) is 13.8 Å². The van der Waals surface area contributed by atoms with Crippen molar-refractivity contribution in [1.82, 2.24) is 0 Å². The van der Waals surface area contributed by atoms with Crippen LogP contribution in [0.1, 0.15) is 32.6 Å². The fourth-order valence-electron chi connectivity index (χ4n) is 7.82. The molecule has 7 atom stereocenters. The number of phenolic OH excluding ortho intramolecular Hbond substituents is 6. The van der Waals surface area contributed by atoms with Gasteiger partial charge in [-0.3, -0.25) is 9.59 Å². The normalized spacial score (nSPS) is 26.7. The van der Waals surface area contributed by atoms with E-state index in [1.807, 2.05) is 0 Å². The van der Waals surface area contributed by atoms with Gasteiger partial charge >= 0.3 is 5.79 Å². The van der Waals surface area contributed by atoms with Gasteiger partial charge in [-0.1, -0.05) is 0 Å². The highest BCUT2D eigenvalue weighted by molar-refractivity contribution is 6.12. The third-order valence-corrected chi connectivity index (χ3v) is 10.8. The Kier molecular flexibility index (Phi) is 7.39. The van der Waals surface area contributed by atoms with E-state index in [9.17, 15) is 65.8 Å². The lowest BCUT2D eigenvalue weighted by atomic mass is 9.76. The summed E-state index contributed by atoms with van der Waals surface area (Å²) >= 11 is 0. The van der Waals surface area contributed by atoms with Crippen LogP contribution in [0.5, 0.6) is 63.2 Å². The molecule has 57 heavy (non-hydrogen) atoms. The summed E-state index contributed by atoms with van der Waals surface area (Å²) in [4.78, 5) is 28.9. The van der Waals surface area contributed by atoms with E-state index in [0.717, 1.165) is 30.3 Å². The van der Waals surface area contributed by atoms with Crippen LogP contribution >= 0.6 is 0 Å². The van der Waals surface area contributed by atoms with Crippen molar-refractivity contribution in [3.63, 3.8) is 0 Å². The van der Waals surface area contributed by atoms with E-state index in [-0.39, 0.29) is 45.1 Å². The van der Waals surface area contributed by atoms with Gasteiger partial charge in [0.2, 0.25) is 23.3 Å². The number of hydrogen-bond acceptors (Lipinski definition) is 19. The van der Waals surface area contributed by atoms with Gasteiger partial charge in [0.05, 0.1) is 12.2 Å². The number of Topliss-reactive ketones (excluding diaryl/α,β-unsaturated/α-hetero) is 1. The van der Waals surface area contributed by atoms with E-state index >= 15 is 0 Å². The number of aliphatic hydroxyl groups excluding tert-OH is 4. The predicted molar refractivity (Wildman–Crippen MR) is 186 cm³/mol. The molecule has 0 radical (unpaired) electrons. The van der Waals surface area contributed by atoms with Gasteiger partial charge in [-0.2, -0.15) is 0 Å². The number of fused-ring (bicyclic) bond motifs is 5. The highest BCUT2D eigenvalue weighted by Gasteiger charge is 2.79. The summed E-state index contributed by atoms with van der Waals surface area (Å²) in [5.41, 5.74) is -5.83. The average Bonchev–Trinajstić information content (AvgIpc) is 3.62. The Morgan fingerprint density at radius 2 is 1.42 bits per heavy atom. The van der Waals surface area contributed by atoms with Crippen molar-refractivity contribution in [2.45, 2.75) is 55.9 Å². The van der Waals surface area contributed by atoms with Crippen molar-refractivity contribution in [2.24, 2.45) is 0 Å². The summed E-state index contributed by atoms with van der Waals surface area (Å²) in [5, 5.41) is 116. The van der Waals surface area contributed by atoms with Crippen LogP contribution in [-0.4, -0.2) is 99.3 Å². The van der Waals surface area contributed by atoms with Gasteiger partial charge in [0.25, 0.3) is 5.60 Å². The first-order chi connectivity index (χ1) is 27.0. The van der Waals surface area contributed by atoms with Crippen LogP contribution < -0.4 is 24.4 Å². The lowest BCUT2D eigenvalue weighted by Crippen LogP contribution is -2.60. The molecule has 1 saturated heterocycles. The molecular formula is C38H30O19. The van der Waals surface area contributed by atoms with Crippen molar-refractivity contribution in [2.75, 3.05) is 6.61 Å². The first-order valence-electron chi connectivity index (χ1n) is 17.1. The topological polar surface area (TPSA) is 316 Å². The first kappa shape index (κ1) is 36.0. The summed E-state index contributed by atoms with van der Waals surface area (Å²) in [6.07, 6.45) is -8.31. The number of ketones is 1. The number of benzene rings is 4. The van der Waals surface area contributed by atoms with Crippen LogP contribution in [0.2, 0.25) is 0 Å². The molecule has 0 amide bonds. The summed E-state index contributed by atoms with van der Waals surface area (Å²) in [6, 6.07) is 6.22. The van der Waals surface area contributed by atoms with Gasteiger partial charge in [0.15, 0.2) is 34.3 Å². The molecule has 1 fully saturated rings.